The summed E-state index contributed by atoms with van der Waals surface area (Å²) in [5, 5.41) is 11.1. The third-order valence-electron chi connectivity index (χ3n) is 3.87. The summed E-state index contributed by atoms with van der Waals surface area (Å²) in [7, 11) is 0. The molecule has 1 N–H and O–H groups in total. The SMILES string of the molecule is Cc1cccc(NC(=O)c2ccc(-c3nnc4ncccn34)cc2)c1. The molecular weight excluding hydrogens is 314 g/mol. The van der Waals surface area contributed by atoms with Crippen LogP contribution in [0.2, 0.25) is 0 Å². The average Bonchev–Trinajstić information content (AvgIpc) is 3.06. The molecule has 0 radical (unpaired) electrons. The molecule has 6 nitrogen and oxygen atoms in total. The molecule has 2 aromatic carbocycles. The number of rotatable bonds is 3. The summed E-state index contributed by atoms with van der Waals surface area (Å²) in [5.74, 6) is 1.08. The fourth-order valence-corrected chi connectivity index (χ4v) is 2.64. The molecule has 2 heterocycles. The molecule has 1 amide bonds. The van der Waals surface area contributed by atoms with E-state index in [-0.39, 0.29) is 5.91 Å². The van der Waals surface area contributed by atoms with Crippen molar-refractivity contribution >= 4 is 17.4 Å². The quantitative estimate of drug-likeness (QED) is 0.625. The van der Waals surface area contributed by atoms with Crippen LogP contribution in [0, 0.1) is 6.92 Å². The minimum absolute atomic E-state index is 0.148. The Morgan fingerprint density at radius 3 is 2.68 bits per heavy atom. The van der Waals surface area contributed by atoms with Gasteiger partial charge in [0.25, 0.3) is 11.7 Å². The van der Waals surface area contributed by atoms with Crippen LogP contribution in [0.15, 0.2) is 67.0 Å². The Balaban J connectivity index is 1.58. The Morgan fingerprint density at radius 1 is 1.04 bits per heavy atom. The van der Waals surface area contributed by atoms with E-state index in [9.17, 15) is 4.79 Å². The van der Waals surface area contributed by atoms with Crippen LogP contribution in [0.3, 0.4) is 0 Å². The van der Waals surface area contributed by atoms with Crippen LogP contribution >= 0.6 is 0 Å². The molecule has 0 saturated carbocycles. The fraction of sp³-hybridized carbons (Fsp3) is 0.0526. The Bertz CT molecular complexity index is 1050. The predicted molar refractivity (Wildman–Crippen MR) is 95.4 cm³/mol. The average molecular weight is 329 g/mol. The highest BCUT2D eigenvalue weighted by Gasteiger charge is 2.10. The van der Waals surface area contributed by atoms with Crippen LogP contribution in [0.25, 0.3) is 17.2 Å². The summed E-state index contributed by atoms with van der Waals surface area (Å²) in [6.45, 7) is 1.99. The molecule has 4 aromatic rings. The molecule has 0 aliphatic carbocycles. The second kappa shape index (κ2) is 6.16. The van der Waals surface area contributed by atoms with E-state index in [2.05, 4.69) is 20.5 Å². The van der Waals surface area contributed by atoms with Gasteiger partial charge in [0, 0.05) is 29.2 Å². The van der Waals surface area contributed by atoms with Crippen LogP contribution in [0.5, 0.6) is 0 Å². The largest absolute Gasteiger partial charge is 0.322 e. The zero-order valence-electron chi connectivity index (χ0n) is 13.5. The lowest BCUT2D eigenvalue weighted by Gasteiger charge is -2.07. The van der Waals surface area contributed by atoms with Crippen LogP contribution in [0.1, 0.15) is 15.9 Å². The second-order valence-electron chi connectivity index (χ2n) is 5.71. The monoisotopic (exact) mass is 329 g/mol. The summed E-state index contributed by atoms with van der Waals surface area (Å²) in [4.78, 5) is 16.5. The standard InChI is InChI=1S/C19H15N5O/c1-13-4-2-5-16(12-13)21-18(25)15-8-6-14(7-9-15)17-22-23-19-20-10-3-11-24(17)19/h2-12H,1H3,(H,21,25). The van der Waals surface area contributed by atoms with Crippen molar-refractivity contribution in [1.82, 2.24) is 19.6 Å². The first-order valence-electron chi connectivity index (χ1n) is 7.85. The maximum absolute atomic E-state index is 12.4. The van der Waals surface area contributed by atoms with Crippen molar-refractivity contribution < 1.29 is 4.79 Å². The Labute approximate surface area is 144 Å². The summed E-state index contributed by atoms with van der Waals surface area (Å²) in [6, 6.07) is 16.8. The van der Waals surface area contributed by atoms with Crippen LogP contribution in [0.4, 0.5) is 5.69 Å². The van der Waals surface area contributed by atoms with Gasteiger partial charge in [0.1, 0.15) is 0 Å². The number of anilines is 1. The normalized spacial score (nSPS) is 10.8. The van der Waals surface area contributed by atoms with Gasteiger partial charge >= 0.3 is 0 Å². The Kier molecular flexibility index (Phi) is 3.70. The zero-order chi connectivity index (χ0) is 17.2. The number of nitrogens with one attached hydrogen (secondary N) is 1. The topological polar surface area (TPSA) is 72.2 Å². The number of benzene rings is 2. The number of aryl methyl sites for hydroxylation is 1. The molecule has 0 atom stereocenters. The number of fused-ring (bicyclic) bond motifs is 1. The summed E-state index contributed by atoms with van der Waals surface area (Å²) >= 11 is 0. The number of nitrogens with zero attached hydrogens (tertiary/aromatic N) is 4. The molecule has 4 rings (SSSR count). The van der Waals surface area contributed by atoms with Gasteiger partial charge in [-0.2, -0.15) is 0 Å². The lowest BCUT2D eigenvalue weighted by atomic mass is 10.1. The van der Waals surface area contributed by atoms with E-state index in [0.29, 0.717) is 17.2 Å². The fourth-order valence-electron chi connectivity index (χ4n) is 2.64. The van der Waals surface area contributed by atoms with Crippen molar-refractivity contribution in [3.63, 3.8) is 0 Å². The number of carbonyl (C=O) groups excluding carboxylic acids is 1. The molecular formula is C19H15N5O. The maximum Gasteiger partial charge on any atom is 0.255 e. The molecule has 0 unspecified atom stereocenters. The number of hydrogen-bond donors (Lipinski definition) is 1. The third-order valence-corrected chi connectivity index (χ3v) is 3.87. The first-order valence-corrected chi connectivity index (χ1v) is 7.85. The van der Waals surface area contributed by atoms with E-state index in [0.717, 1.165) is 16.8 Å². The van der Waals surface area contributed by atoms with Gasteiger partial charge in [0.15, 0.2) is 5.82 Å². The first kappa shape index (κ1) is 15.0. The van der Waals surface area contributed by atoms with E-state index in [1.54, 1.807) is 18.3 Å². The molecule has 0 saturated heterocycles. The van der Waals surface area contributed by atoms with Crippen LogP contribution in [-0.2, 0) is 0 Å². The number of hydrogen-bond acceptors (Lipinski definition) is 4. The van der Waals surface area contributed by atoms with Gasteiger partial charge in [-0.1, -0.05) is 24.3 Å². The van der Waals surface area contributed by atoms with Crippen molar-refractivity contribution in [2.45, 2.75) is 6.92 Å². The maximum atomic E-state index is 12.4. The smallest absolute Gasteiger partial charge is 0.255 e. The molecule has 0 fully saturated rings. The summed E-state index contributed by atoms with van der Waals surface area (Å²) < 4.78 is 1.81. The van der Waals surface area contributed by atoms with E-state index in [1.807, 2.05) is 60.0 Å². The van der Waals surface area contributed by atoms with Gasteiger partial charge < -0.3 is 5.32 Å². The van der Waals surface area contributed by atoms with Gasteiger partial charge in [0.05, 0.1) is 0 Å². The molecule has 6 heteroatoms. The van der Waals surface area contributed by atoms with Gasteiger partial charge in [-0.25, -0.2) is 4.98 Å². The van der Waals surface area contributed by atoms with Gasteiger partial charge in [0.2, 0.25) is 0 Å². The highest BCUT2D eigenvalue weighted by atomic mass is 16.1. The lowest BCUT2D eigenvalue weighted by Crippen LogP contribution is -2.11. The lowest BCUT2D eigenvalue weighted by molar-refractivity contribution is 0.102. The van der Waals surface area contributed by atoms with Crippen molar-refractivity contribution in [3.05, 3.63) is 78.1 Å². The Hall–Kier alpha value is -3.54. The van der Waals surface area contributed by atoms with Crippen LogP contribution in [-0.4, -0.2) is 25.5 Å². The minimum Gasteiger partial charge on any atom is -0.322 e. The zero-order valence-corrected chi connectivity index (χ0v) is 13.5. The number of aromatic nitrogens is 4. The molecule has 0 spiro atoms. The van der Waals surface area contributed by atoms with E-state index in [4.69, 9.17) is 0 Å². The van der Waals surface area contributed by atoms with E-state index in [1.165, 1.54) is 0 Å². The minimum atomic E-state index is -0.148. The summed E-state index contributed by atoms with van der Waals surface area (Å²) in [5.41, 5.74) is 3.33. The van der Waals surface area contributed by atoms with E-state index >= 15 is 0 Å². The van der Waals surface area contributed by atoms with Gasteiger partial charge in [-0.3, -0.25) is 9.20 Å². The van der Waals surface area contributed by atoms with Crippen LogP contribution < -0.4 is 5.32 Å². The Morgan fingerprint density at radius 2 is 1.88 bits per heavy atom. The van der Waals surface area contributed by atoms with Crippen molar-refractivity contribution in [3.8, 4) is 11.4 Å². The van der Waals surface area contributed by atoms with Crippen molar-refractivity contribution in [2.75, 3.05) is 5.32 Å². The van der Waals surface area contributed by atoms with Crippen molar-refractivity contribution in [2.24, 2.45) is 0 Å². The van der Waals surface area contributed by atoms with Gasteiger partial charge in [-0.15, -0.1) is 10.2 Å². The predicted octanol–water partition coefficient (Wildman–Crippen LogP) is 3.35. The highest BCUT2D eigenvalue weighted by Crippen LogP contribution is 2.19. The summed E-state index contributed by atoms with van der Waals surface area (Å²) in [6.07, 6.45) is 3.53. The molecule has 2 aromatic heterocycles. The van der Waals surface area contributed by atoms with E-state index < -0.39 is 0 Å². The van der Waals surface area contributed by atoms with Crippen molar-refractivity contribution in [1.29, 1.82) is 0 Å². The second-order valence-corrected chi connectivity index (χ2v) is 5.71. The molecule has 0 aliphatic heterocycles. The first-order chi connectivity index (χ1) is 12.2. The third kappa shape index (κ3) is 2.97. The van der Waals surface area contributed by atoms with Gasteiger partial charge in [-0.05, 0) is 42.8 Å². The molecule has 122 valence electrons. The number of amides is 1. The molecule has 25 heavy (non-hydrogen) atoms. The molecule has 0 bridgehead atoms. The highest BCUT2D eigenvalue weighted by molar-refractivity contribution is 6.04. The number of carbonyl (C=O) groups is 1. The molecule has 0 aliphatic rings.